The molecule has 1 heterocycles. The number of azide groups is 1. The Morgan fingerprint density at radius 2 is 2.11 bits per heavy atom. The molecule has 1 amide bonds. The van der Waals surface area contributed by atoms with Crippen molar-refractivity contribution in [1.29, 1.82) is 0 Å². The Hall–Kier alpha value is -3.26. The Morgan fingerprint density at radius 3 is 2.89 bits per heavy atom. The molecule has 0 bridgehead atoms. The number of methoxy groups -OCH3 is 1. The van der Waals surface area contributed by atoms with Crippen LogP contribution >= 0.6 is 11.6 Å². The molecule has 9 nitrogen and oxygen atoms in total. The second kappa shape index (κ2) is 9.09. The minimum Gasteiger partial charge on any atom is -0.497 e. The number of ether oxygens (including phenoxy) is 1. The van der Waals surface area contributed by atoms with Crippen molar-refractivity contribution in [2.45, 2.75) is 0 Å². The van der Waals surface area contributed by atoms with Crippen molar-refractivity contribution >= 4 is 45.0 Å². The number of hydrogen-bond acceptors (Lipinski definition) is 6. The highest BCUT2D eigenvalue weighted by Gasteiger charge is 2.12. The van der Waals surface area contributed by atoms with Gasteiger partial charge in [0.25, 0.3) is 0 Å². The van der Waals surface area contributed by atoms with E-state index >= 15 is 0 Å². The monoisotopic (exact) mass is 400 g/mol. The summed E-state index contributed by atoms with van der Waals surface area (Å²) in [5, 5.41) is 8.06. The van der Waals surface area contributed by atoms with Gasteiger partial charge in [0.15, 0.2) is 6.61 Å². The number of fused-ring (bicyclic) bond motifs is 2. The molecule has 28 heavy (non-hydrogen) atoms. The highest BCUT2D eigenvalue weighted by molar-refractivity contribution is 6.31. The van der Waals surface area contributed by atoms with Crippen LogP contribution in [0.4, 0.5) is 5.69 Å². The topological polar surface area (TPSA) is 121 Å². The molecule has 0 aliphatic heterocycles. The van der Waals surface area contributed by atoms with Crippen LogP contribution in [0.25, 0.3) is 32.2 Å². The van der Waals surface area contributed by atoms with E-state index in [1.165, 1.54) is 0 Å². The summed E-state index contributed by atoms with van der Waals surface area (Å²) in [6.07, 6.45) is 0. The third-order valence-electron chi connectivity index (χ3n) is 3.92. The summed E-state index contributed by atoms with van der Waals surface area (Å²) in [5.74, 6) is 0.324. The molecular weight excluding hydrogens is 384 g/mol. The highest BCUT2D eigenvalue weighted by Crippen LogP contribution is 2.34. The summed E-state index contributed by atoms with van der Waals surface area (Å²) in [5.41, 5.74) is 13.1. The molecule has 0 saturated carbocycles. The van der Waals surface area contributed by atoms with Gasteiger partial charge in [0.1, 0.15) is 5.75 Å². The predicted molar refractivity (Wildman–Crippen MR) is 107 cm³/mol. The standard InChI is InChI=1S/C18H17ClN6O3/c1-27-12-3-5-15-14(9-12)18(13-4-2-11(19)8-16(13)23-15)24-28-10-17(26)21-6-7-22-25-20/h2-5,8-9H,6-7,10H2,1H3,(H,21,26)(H,23,24). The number of amides is 1. The fraction of sp³-hybridized carbons (Fsp3) is 0.222. The van der Waals surface area contributed by atoms with E-state index in [2.05, 4.69) is 25.8 Å². The molecular formula is C18H17ClN6O3. The molecule has 0 aliphatic carbocycles. The molecule has 2 aromatic carbocycles. The SMILES string of the molecule is COc1ccc2nc3cc(Cl)ccc3c(NOCC(=O)NCCN=[N+]=[N-])c2c1. The number of nitrogens with one attached hydrogen (secondary N) is 2. The van der Waals surface area contributed by atoms with Crippen molar-refractivity contribution in [3.05, 3.63) is 51.9 Å². The summed E-state index contributed by atoms with van der Waals surface area (Å²) in [7, 11) is 1.58. The molecule has 0 atom stereocenters. The first-order valence-corrected chi connectivity index (χ1v) is 8.72. The Kier molecular flexibility index (Phi) is 6.33. The smallest absolute Gasteiger partial charge is 0.248 e. The van der Waals surface area contributed by atoms with E-state index in [1.807, 2.05) is 24.3 Å². The zero-order chi connectivity index (χ0) is 19.9. The van der Waals surface area contributed by atoms with Gasteiger partial charge in [0.2, 0.25) is 5.91 Å². The van der Waals surface area contributed by atoms with Crippen molar-refractivity contribution in [3.63, 3.8) is 0 Å². The Morgan fingerprint density at radius 1 is 1.25 bits per heavy atom. The average molecular weight is 401 g/mol. The number of hydrogen-bond donors (Lipinski definition) is 2. The third kappa shape index (κ3) is 4.52. The van der Waals surface area contributed by atoms with Gasteiger partial charge in [-0.3, -0.25) is 15.1 Å². The minimum atomic E-state index is -0.344. The van der Waals surface area contributed by atoms with Crippen molar-refractivity contribution in [3.8, 4) is 5.75 Å². The van der Waals surface area contributed by atoms with Crippen molar-refractivity contribution in [2.24, 2.45) is 5.11 Å². The number of halogens is 1. The molecule has 2 N–H and O–H groups in total. The summed E-state index contributed by atoms with van der Waals surface area (Å²) >= 11 is 6.09. The van der Waals surface area contributed by atoms with Crippen LogP contribution in [-0.2, 0) is 9.63 Å². The molecule has 1 aromatic heterocycles. The Bertz CT molecular complexity index is 1070. The number of nitrogens with zero attached hydrogens (tertiary/aromatic N) is 4. The number of benzene rings is 2. The number of rotatable bonds is 8. The number of carbonyl (C=O) groups excluding carboxylic acids is 1. The molecule has 0 saturated heterocycles. The van der Waals surface area contributed by atoms with E-state index in [1.54, 1.807) is 19.2 Å². The number of anilines is 1. The van der Waals surface area contributed by atoms with Crippen LogP contribution in [0.15, 0.2) is 41.5 Å². The summed E-state index contributed by atoms with van der Waals surface area (Å²) < 4.78 is 5.30. The summed E-state index contributed by atoms with van der Waals surface area (Å²) in [6.45, 7) is 0.193. The summed E-state index contributed by atoms with van der Waals surface area (Å²) in [4.78, 5) is 24.4. The zero-order valence-electron chi connectivity index (χ0n) is 15.0. The molecule has 0 fully saturated rings. The Labute approximate surface area is 165 Å². The Balaban J connectivity index is 1.84. The lowest BCUT2D eigenvalue weighted by Gasteiger charge is -2.14. The second-order valence-electron chi connectivity index (χ2n) is 5.73. The summed E-state index contributed by atoms with van der Waals surface area (Å²) in [6, 6.07) is 10.8. The fourth-order valence-electron chi connectivity index (χ4n) is 2.65. The van der Waals surface area contributed by atoms with E-state index in [-0.39, 0.29) is 25.6 Å². The molecule has 3 rings (SSSR count). The van der Waals surface area contributed by atoms with E-state index in [4.69, 9.17) is 26.7 Å². The fourth-order valence-corrected chi connectivity index (χ4v) is 2.81. The van der Waals surface area contributed by atoms with Crippen LogP contribution in [0.3, 0.4) is 0 Å². The molecule has 0 unspecified atom stereocenters. The van der Waals surface area contributed by atoms with E-state index in [9.17, 15) is 4.79 Å². The van der Waals surface area contributed by atoms with Crippen molar-refractivity contribution in [1.82, 2.24) is 10.3 Å². The maximum absolute atomic E-state index is 11.8. The van der Waals surface area contributed by atoms with Gasteiger partial charge in [0, 0.05) is 33.8 Å². The number of aromatic nitrogens is 1. The first kappa shape index (κ1) is 19.5. The van der Waals surface area contributed by atoms with Gasteiger partial charge in [-0.1, -0.05) is 16.7 Å². The van der Waals surface area contributed by atoms with Gasteiger partial charge >= 0.3 is 0 Å². The second-order valence-corrected chi connectivity index (χ2v) is 6.16. The van der Waals surface area contributed by atoms with E-state index in [0.29, 0.717) is 22.0 Å². The highest BCUT2D eigenvalue weighted by atomic mass is 35.5. The van der Waals surface area contributed by atoms with Gasteiger partial charge in [-0.25, -0.2) is 4.98 Å². The van der Waals surface area contributed by atoms with Crippen LogP contribution < -0.4 is 15.5 Å². The molecule has 0 aliphatic rings. The average Bonchev–Trinajstić information content (AvgIpc) is 2.70. The maximum atomic E-state index is 11.8. The van der Waals surface area contributed by atoms with Gasteiger partial charge in [-0.05, 0) is 41.9 Å². The third-order valence-corrected chi connectivity index (χ3v) is 4.15. The van der Waals surface area contributed by atoms with Crippen LogP contribution in [0.5, 0.6) is 5.75 Å². The molecule has 144 valence electrons. The first-order chi connectivity index (χ1) is 13.6. The first-order valence-electron chi connectivity index (χ1n) is 8.34. The van der Waals surface area contributed by atoms with E-state index in [0.717, 1.165) is 16.3 Å². The normalized spacial score (nSPS) is 10.5. The van der Waals surface area contributed by atoms with Gasteiger partial charge in [0.05, 0.1) is 23.8 Å². The largest absolute Gasteiger partial charge is 0.497 e. The van der Waals surface area contributed by atoms with E-state index < -0.39 is 0 Å². The zero-order valence-corrected chi connectivity index (χ0v) is 15.7. The van der Waals surface area contributed by atoms with Crippen LogP contribution in [0.1, 0.15) is 0 Å². The van der Waals surface area contributed by atoms with Gasteiger partial charge in [-0.15, -0.1) is 0 Å². The van der Waals surface area contributed by atoms with Gasteiger partial charge < -0.3 is 10.1 Å². The van der Waals surface area contributed by atoms with Crippen LogP contribution in [0, 0.1) is 0 Å². The van der Waals surface area contributed by atoms with Crippen molar-refractivity contribution < 1.29 is 14.4 Å². The van der Waals surface area contributed by atoms with Gasteiger partial charge in [-0.2, -0.15) is 0 Å². The molecule has 0 spiro atoms. The minimum absolute atomic E-state index is 0.176. The lowest BCUT2D eigenvalue weighted by atomic mass is 10.1. The lowest BCUT2D eigenvalue weighted by Crippen LogP contribution is -2.30. The van der Waals surface area contributed by atoms with Crippen LogP contribution in [0.2, 0.25) is 5.02 Å². The van der Waals surface area contributed by atoms with Crippen LogP contribution in [-0.4, -0.2) is 37.7 Å². The van der Waals surface area contributed by atoms with Crippen molar-refractivity contribution in [2.75, 3.05) is 32.3 Å². The number of pyridine rings is 1. The quantitative estimate of drug-likeness (QED) is 0.149. The lowest BCUT2D eigenvalue weighted by molar-refractivity contribution is -0.124. The maximum Gasteiger partial charge on any atom is 0.248 e. The predicted octanol–water partition coefficient (Wildman–Crippen LogP) is 3.82. The molecule has 3 aromatic rings. The molecule has 0 radical (unpaired) electrons. The number of carbonyl (C=O) groups is 1. The molecule has 10 heteroatoms.